The Morgan fingerprint density at radius 3 is 2.24 bits per heavy atom. The summed E-state index contributed by atoms with van der Waals surface area (Å²) in [7, 11) is 0. The van der Waals surface area contributed by atoms with Crippen LogP contribution in [0.5, 0.6) is 0 Å². The van der Waals surface area contributed by atoms with Gasteiger partial charge in [-0.15, -0.1) is 10.2 Å². The van der Waals surface area contributed by atoms with Gasteiger partial charge in [0.15, 0.2) is 23.8 Å². The second-order valence-corrected chi connectivity index (χ2v) is 13.2. The molecule has 12 nitrogen and oxygen atoms in total. The maximum Gasteiger partial charge on any atom is 0.519 e. The van der Waals surface area contributed by atoms with E-state index in [1.807, 2.05) is 78.2 Å². The van der Waals surface area contributed by atoms with Gasteiger partial charge in [0, 0.05) is 18.5 Å². The highest BCUT2D eigenvalue weighted by molar-refractivity contribution is 5.89. The van der Waals surface area contributed by atoms with Crippen LogP contribution >= 0.6 is 0 Å². The molecule has 12 heteroatoms. The van der Waals surface area contributed by atoms with Crippen LogP contribution in [0.25, 0.3) is 22.5 Å². The highest BCUT2D eigenvalue weighted by Gasteiger charge is 2.33. The van der Waals surface area contributed by atoms with Gasteiger partial charge in [-0.2, -0.15) is 4.80 Å². The number of hydrogen-bond acceptors (Lipinski definition) is 10. The molecule has 0 saturated heterocycles. The van der Waals surface area contributed by atoms with Crippen LogP contribution in [0, 0.1) is 6.92 Å². The SMILES string of the molecule is CCCc1nc(C(=O)OCc2oc(=O)oc2C)c(C(C)(C)O)n1Cc1ccc(-c2ccccc2-c2nnn(C(C)(C)c3ccccc3)n2)cc1. The summed E-state index contributed by atoms with van der Waals surface area (Å²) in [6.07, 6.45) is 1.35. The molecule has 6 rings (SSSR count). The molecule has 0 saturated carbocycles. The summed E-state index contributed by atoms with van der Waals surface area (Å²) in [5.74, 6) is -0.115. The minimum Gasteiger partial charge on any atom is -0.453 e. The third-order valence-electron chi connectivity index (χ3n) is 8.63. The van der Waals surface area contributed by atoms with Gasteiger partial charge in [-0.1, -0.05) is 85.8 Å². The van der Waals surface area contributed by atoms with Gasteiger partial charge in [0.05, 0.1) is 5.69 Å². The Bertz CT molecular complexity index is 2170. The molecule has 0 spiro atoms. The Balaban J connectivity index is 1.28. The van der Waals surface area contributed by atoms with Crippen molar-refractivity contribution in [1.29, 1.82) is 0 Å². The summed E-state index contributed by atoms with van der Waals surface area (Å²) < 4.78 is 17.2. The molecule has 0 atom stereocenters. The van der Waals surface area contributed by atoms with Crippen molar-refractivity contribution in [3.8, 4) is 22.5 Å². The van der Waals surface area contributed by atoms with Crippen molar-refractivity contribution < 1.29 is 23.5 Å². The minimum atomic E-state index is -1.43. The largest absolute Gasteiger partial charge is 0.519 e. The number of benzene rings is 3. The summed E-state index contributed by atoms with van der Waals surface area (Å²) in [6.45, 7) is 10.9. The number of rotatable bonds is 12. The first kappa shape index (κ1) is 34.3. The third kappa shape index (κ3) is 6.92. The second kappa shape index (κ2) is 13.7. The van der Waals surface area contributed by atoms with Crippen molar-refractivity contribution >= 4 is 5.97 Å². The number of carbonyl (C=O) groups excluding carboxylic acids is 1. The predicted molar refractivity (Wildman–Crippen MR) is 185 cm³/mol. The standard InChI is InChI=1S/C38H40N6O6/c1-7-13-31-39-32(35(45)48-23-30-24(2)49-36(46)50-30)33(38(5,6)47)43(31)22-25-18-20-26(21-19-25)28-16-11-12-17-29(28)34-40-42-44(41-34)37(3,4)27-14-9-8-10-15-27/h8-12,14-21,47H,7,13,22-23H2,1-6H3. The Kier molecular flexibility index (Phi) is 9.39. The maximum atomic E-state index is 13.3. The normalized spacial score (nSPS) is 12.0. The topological polar surface area (TPSA) is 151 Å². The van der Waals surface area contributed by atoms with E-state index in [0.717, 1.165) is 34.2 Å². The average Bonchev–Trinajstić information content (AvgIpc) is 3.82. The predicted octanol–water partition coefficient (Wildman–Crippen LogP) is 6.43. The van der Waals surface area contributed by atoms with Crippen LogP contribution < -0.4 is 5.82 Å². The highest BCUT2D eigenvalue weighted by Crippen LogP contribution is 2.33. The van der Waals surface area contributed by atoms with E-state index in [0.29, 0.717) is 30.3 Å². The zero-order valence-corrected chi connectivity index (χ0v) is 29.0. The molecule has 0 aliphatic rings. The average molecular weight is 677 g/mol. The van der Waals surface area contributed by atoms with E-state index in [1.165, 1.54) is 0 Å². The van der Waals surface area contributed by atoms with E-state index in [9.17, 15) is 14.7 Å². The minimum absolute atomic E-state index is 0.00554. The lowest BCUT2D eigenvalue weighted by Gasteiger charge is -2.23. The van der Waals surface area contributed by atoms with Gasteiger partial charge in [0.1, 0.15) is 17.0 Å². The molecule has 1 N–H and O–H groups in total. The fourth-order valence-corrected chi connectivity index (χ4v) is 5.97. The molecule has 50 heavy (non-hydrogen) atoms. The first-order chi connectivity index (χ1) is 23.9. The summed E-state index contributed by atoms with van der Waals surface area (Å²) in [4.78, 5) is 31.1. The van der Waals surface area contributed by atoms with Gasteiger partial charge in [-0.3, -0.25) is 0 Å². The van der Waals surface area contributed by atoms with Gasteiger partial charge in [0.2, 0.25) is 5.82 Å². The quantitative estimate of drug-likeness (QED) is 0.144. The van der Waals surface area contributed by atoms with Crippen molar-refractivity contribution in [1.82, 2.24) is 29.8 Å². The molecular formula is C38H40N6O6. The maximum absolute atomic E-state index is 13.3. The van der Waals surface area contributed by atoms with E-state index >= 15 is 0 Å². The first-order valence-corrected chi connectivity index (χ1v) is 16.5. The van der Waals surface area contributed by atoms with Crippen molar-refractivity contribution in [2.75, 3.05) is 0 Å². The van der Waals surface area contributed by atoms with Crippen LogP contribution in [0.3, 0.4) is 0 Å². The van der Waals surface area contributed by atoms with Crippen LogP contribution in [0.1, 0.15) is 85.7 Å². The number of esters is 1. The third-order valence-corrected chi connectivity index (χ3v) is 8.63. The smallest absolute Gasteiger partial charge is 0.453 e. The zero-order valence-electron chi connectivity index (χ0n) is 29.0. The molecular weight excluding hydrogens is 636 g/mol. The molecule has 3 aromatic carbocycles. The van der Waals surface area contributed by atoms with Crippen molar-refractivity contribution in [2.24, 2.45) is 0 Å². The van der Waals surface area contributed by atoms with Crippen LogP contribution in [0.15, 0.2) is 92.5 Å². The monoisotopic (exact) mass is 676 g/mol. The molecule has 0 fully saturated rings. The summed E-state index contributed by atoms with van der Waals surface area (Å²) >= 11 is 0. The van der Waals surface area contributed by atoms with E-state index in [1.54, 1.807) is 25.6 Å². The fraction of sp³-hybridized carbons (Fsp3) is 0.316. The van der Waals surface area contributed by atoms with Gasteiger partial charge in [-0.25, -0.2) is 14.6 Å². The molecule has 0 bridgehead atoms. The van der Waals surface area contributed by atoms with E-state index in [4.69, 9.17) is 18.7 Å². The van der Waals surface area contributed by atoms with Gasteiger partial charge in [0.25, 0.3) is 0 Å². The number of hydrogen-bond donors (Lipinski definition) is 1. The van der Waals surface area contributed by atoms with E-state index < -0.39 is 22.9 Å². The van der Waals surface area contributed by atoms with Crippen molar-refractivity contribution in [3.05, 3.63) is 129 Å². The number of aromatic nitrogens is 6. The number of aliphatic hydroxyl groups is 1. The van der Waals surface area contributed by atoms with Crippen molar-refractivity contribution in [3.63, 3.8) is 0 Å². The zero-order chi connectivity index (χ0) is 35.6. The van der Waals surface area contributed by atoms with Crippen LogP contribution in [0.2, 0.25) is 0 Å². The fourth-order valence-electron chi connectivity index (χ4n) is 5.97. The van der Waals surface area contributed by atoms with Gasteiger partial charge < -0.3 is 23.2 Å². The first-order valence-electron chi connectivity index (χ1n) is 16.5. The Morgan fingerprint density at radius 1 is 0.920 bits per heavy atom. The molecule has 3 heterocycles. The number of tetrazole rings is 1. The number of nitrogens with zero attached hydrogens (tertiary/aromatic N) is 6. The summed E-state index contributed by atoms with van der Waals surface area (Å²) in [5, 5.41) is 24.9. The van der Waals surface area contributed by atoms with E-state index in [-0.39, 0.29) is 23.8 Å². The Hall–Kier alpha value is -5.62. The molecule has 258 valence electrons. The van der Waals surface area contributed by atoms with Crippen molar-refractivity contribution in [2.45, 2.75) is 78.7 Å². The molecule has 6 aromatic rings. The van der Waals surface area contributed by atoms with E-state index in [2.05, 4.69) is 41.3 Å². The van der Waals surface area contributed by atoms with Crippen LogP contribution in [0.4, 0.5) is 0 Å². The lowest BCUT2D eigenvalue weighted by molar-refractivity contribution is 0.0396. The summed E-state index contributed by atoms with van der Waals surface area (Å²) in [6, 6.07) is 26.1. The highest BCUT2D eigenvalue weighted by atomic mass is 16.6. The molecule has 3 aromatic heterocycles. The molecule has 0 aliphatic carbocycles. The lowest BCUT2D eigenvalue weighted by Crippen LogP contribution is -2.30. The van der Waals surface area contributed by atoms with Gasteiger partial charge >= 0.3 is 11.8 Å². The number of aryl methyl sites for hydroxylation is 2. The number of carbonyl (C=O) groups is 1. The number of ether oxygens (including phenoxy) is 1. The van der Waals surface area contributed by atoms with Crippen LogP contribution in [-0.4, -0.2) is 40.8 Å². The molecule has 0 aliphatic heterocycles. The molecule has 0 unspecified atom stereocenters. The van der Waals surface area contributed by atoms with Gasteiger partial charge in [-0.05, 0) is 68.5 Å². The molecule has 0 amide bonds. The Labute approximate surface area is 289 Å². The second-order valence-electron chi connectivity index (χ2n) is 13.2. The Morgan fingerprint density at radius 2 is 1.60 bits per heavy atom. The summed E-state index contributed by atoms with van der Waals surface area (Å²) in [5.41, 5.74) is 3.20. The lowest BCUT2D eigenvalue weighted by atomic mass is 9.95. The van der Waals surface area contributed by atoms with Crippen LogP contribution in [-0.2, 0) is 35.4 Å². The molecule has 0 radical (unpaired) electrons. The number of imidazole rings is 1.